The van der Waals surface area contributed by atoms with Crippen molar-refractivity contribution in [2.75, 3.05) is 6.54 Å². The van der Waals surface area contributed by atoms with E-state index in [1.54, 1.807) is 23.9 Å². The van der Waals surface area contributed by atoms with Crippen LogP contribution in [-0.2, 0) is 16.6 Å². The van der Waals surface area contributed by atoms with Crippen LogP contribution < -0.4 is 0 Å². The first-order valence-electron chi connectivity index (χ1n) is 9.55. The zero-order chi connectivity index (χ0) is 19.6. The summed E-state index contributed by atoms with van der Waals surface area (Å²) in [6, 6.07) is 17.0. The van der Waals surface area contributed by atoms with Gasteiger partial charge in [0, 0.05) is 18.3 Å². The predicted molar refractivity (Wildman–Crippen MR) is 116 cm³/mol. The third kappa shape index (κ3) is 4.33. The number of hydrogen-bond donors (Lipinski definition) is 0. The average molecular weight is 413 g/mol. The largest absolute Gasteiger partial charge is 0.346 e. The van der Waals surface area contributed by atoms with Crippen molar-refractivity contribution >= 4 is 27.0 Å². The van der Waals surface area contributed by atoms with Gasteiger partial charge in [0.25, 0.3) is 10.0 Å². The van der Waals surface area contributed by atoms with Gasteiger partial charge in [-0.3, -0.25) is 0 Å². The van der Waals surface area contributed by atoms with Crippen molar-refractivity contribution in [1.82, 2.24) is 4.90 Å². The summed E-state index contributed by atoms with van der Waals surface area (Å²) in [5, 5.41) is 0.893. The first-order chi connectivity index (χ1) is 13.5. The molecule has 2 aromatic rings. The first-order valence-corrected chi connectivity index (χ1v) is 11.9. The van der Waals surface area contributed by atoms with Crippen molar-refractivity contribution < 1.29 is 8.42 Å². The molecule has 4 nitrogen and oxygen atoms in total. The highest BCUT2D eigenvalue weighted by Gasteiger charge is 2.34. The number of fused-ring (bicyclic) bond motifs is 1. The fourth-order valence-corrected chi connectivity index (χ4v) is 6.14. The third-order valence-corrected chi connectivity index (χ3v) is 7.97. The molecule has 146 valence electrons. The average Bonchev–Trinajstić information content (AvgIpc) is 2.69. The standard InChI is InChI=1S/C22H24N2O2S2/c1-17-11-13-20(14-12-17)28(25,26)23-22-24(15-18-7-3-2-4-8-18)16-19-9-5-6-10-21(19)27-22/h2-4,6-8,10-14,19,21H,5,9,15-16H2,1H3/b23-22+/t19-,21-/m0/s1. The second-order valence-electron chi connectivity index (χ2n) is 7.38. The summed E-state index contributed by atoms with van der Waals surface area (Å²) in [6.45, 7) is 3.44. The summed E-state index contributed by atoms with van der Waals surface area (Å²) in [4.78, 5) is 2.37. The minimum absolute atomic E-state index is 0.243. The second kappa shape index (κ2) is 8.13. The molecule has 0 saturated carbocycles. The Hall–Kier alpha value is -2.05. The zero-order valence-corrected chi connectivity index (χ0v) is 17.5. The highest BCUT2D eigenvalue weighted by Crippen LogP contribution is 2.37. The lowest BCUT2D eigenvalue weighted by Gasteiger charge is -2.40. The molecule has 1 heterocycles. The van der Waals surface area contributed by atoms with Gasteiger partial charge in [-0.05, 0) is 43.4 Å². The van der Waals surface area contributed by atoms with Crippen molar-refractivity contribution in [3.63, 3.8) is 0 Å². The SMILES string of the molecule is Cc1ccc(S(=O)(=O)/N=C2/S[C@H]3C=CCC[C@H]3CN2Cc2ccccc2)cc1. The Morgan fingerprint density at radius 1 is 1.11 bits per heavy atom. The molecule has 0 N–H and O–H groups in total. The van der Waals surface area contributed by atoms with E-state index in [1.165, 1.54) is 0 Å². The second-order valence-corrected chi connectivity index (χ2v) is 10.1. The molecule has 2 aliphatic rings. The van der Waals surface area contributed by atoms with Gasteiger partial charge in [-0.1, -0.05) is 71.9 Å². The van der Waals surface area contributed by atoms with Crippen LogP contribution in [0.2, 0.25) is 0 Å². The summed E-state index contributed by atoms with van der Waals surface area (Å²) in [7, 11) is -3.74. The van der Waals surface area contributed by atoms with E-state index in [0.29, 0.717) is 22.9 Å². The molecule has 0 unspecified atom stereocenters. The minimum atomic E-state index is -3.74. The lowest BCUT2D eigenvalue weighted by atomic mass is 9.93. The topological polar surface area (TPSA) is 49.7 Å². The van der Waals surface area contributed by atoms with Crippen LogP contribution in [0.4, 0.5) is 0 Å². The number of allylic oxidation sites excluding steroid dienone is 1. The van der Waals surface area contributed by atoms with Gasteiger partial charge < -0.3 is 4.90 Å². The predicted octanol–water partition coefficient (Wildman–Crippen LogP) is 4.62. The zero-order valence-electron chi connectivity index (χ0n) is 15.9. The van der Waals surface area contributed by atoms with Crippen LogP contribution in [0.5, 0.6) is 0 Å². The van der Waals surface area contributed by atoms with Crippen LogP contribution in [0.1, 0.15) is 24.0 Å². The molecule has 4 rings (SSSR count). The molecule has 0 radical (unpaired) electrons. The molecule has 1 saturated heterocycles. The van der Waals surface area contributed by atoms with E-state index in [2.05, 4.69) is 33.6 Å². The Morgan fingerprint density at radius 2 is 1.86 bits per heavy atom. The summed E-state index contributed by atoms with van der Waals surface area (Å²) >= 11 is 1.58. The van der Waals surface area contributed by atoms with E-state index in [4.69, 9.17) is 0 Å². The van der Waals surface area contributed by atoms with Gasteiger partial charge in [-0.15, -0.1) is 4.40 Å². The number of amidine groups is 1. The normalized spacial score (nSPS) is 23.6. The fraction of sp³-hybridized carbons (Fsp3) is 0.318. The van der Waals surface area contributed by atoms with Gasteiger partial charge in [0.15, 0.2) is 5.17 Å². The number of hydrogen-bond acceptors (Lipinski definition) is 3. The maximum absolute atomic E-state index is 12.9. The summed E-state index contributed by atoms with van der Waals surface area (Å²) in [5.74, 6) is 0.528. The maximum Gasteiger partial charge on any atom is 0.284 e. The van der Waals surface area contributed by atoms with Crippen LogP contribution in [0.3, 0.4) is 0 Å². The molecule has 0 spiro atoms. The van der Waals surface area contributed by atoms with E-state index >= 15 is 0 Å². The van der Waals surface area contributed by atoms with Gasteiger partial charge in [-0.2, -0.15) is 8.42 Å². The number of nitrogens with zero attached hydrogens (tertiary/aromatic N) is 2. The molecular formula is C22H24N2O2S2. The Labute approximate surface area is 171 Å². The van der Waals surface area contributed by atoms with E-state index in [9.17, 15) is 8.42 Å². The van der Waals surface area contributed by atoms with E-state index in [-0.39, 0.29) is 4.90 Å². The maximum atomic E-state index is 12.9. The lowest BCUT2D eigenvalue weighted by molar-refractivity contribution is 0.317. The van der Waals surface area contributed by atoms with Crippen molar-refractivity contribution in [2.45, 2.75) is 36.5 Å². The van der Waals surface area contributed by atoms with Crippen LogP contribution in [0.15, 0.2) is 76.0 Å². The quantitative estimate of drug-likeness (QED) is 0.688. The number of thioether (sulfide) groups is 1. The molecule has 28 heavy (non-hydrogen) atoms. The van der Waals surface area contributed by atoms with Crippen molar-refractivity contribution in [3.8, 4) is 0 Å². The van der Waals surface area contributed by atoms with Gasteiger partial charge in [0.1, 0.15) is 0 Å². The molecule has 2 aromatic carbocycles. The first kappa shape index (κ1) is 19.3. The summed E-state index contributed by atoms with van der Waals surface area (Å²) in [5.41, 5.74) is 2.19. The Kier molecular flexibility index (Phi) is 5.60. The number of rotatable bonds is 4. The lowest BCUT2D eigenvalue weighted by Crippen LogP contribution is -2.43. The molecule has 6 heteroatoms. The number of benzene rings is 2. The molecule has 0 bridgehead atoms. The molecule has 1 aliphatic carbocycles. The number of sulfonamides is 1. The van der Waals surface area contributed by atoms with Crippen molar-refractivity contribution in [2.24, 2.45) is 10.3 Å². The van der Waals surface area contributed by atoms with E-state index in [0.717, 1.165) is 30.5 Å². The fourth-order valence-electron chi connectivity index (χ4n) is 3.63. The molecular weight excluding hydrogens is 388 g/mol. The van der Waals surface area contributed by atoms with Crippen molar-refractivity contribution in [1.29, 1.82) is 0 Å². The smallest absolute Gasteiger partial charge is 0.284 e. The molecule has 2 atom stereocenters. The molecule has 0 aromatic heterocycles. The summed E-state index contributed by atoms with van der Waals surface area (Å²) < 4.78 is 30.1. The Bertz CT molecular complexity index is 983. The van der Waals surface area contributed by atoms with Crippen LogP contribution in [-0.4, -0.2) is 30.3 Å². The van der Waals surface area contributed by atoms with Crippen LogP contribution in [0.25, 0.3) is 0 Å². The van der Waals surface area contributed by atoms with Gasteiger partial charge >= 0.3 is 0 Å². The highest BCUT2D eigenvalue weighted by molar-refractivity contribution is 8.15. The van der Waals surface area contributed by atoms with Gasteiger partial charge in [-0.25, -0.2) is 0 Å². The van der Waals surface area contributed by atoms with Crippen LogP contribution >= 0.6 is 11.8 Å². The minimum Gasteiger partial charge on any atom is -0.346 e. The van der Waals surface area contributed by atoms with Crippen LogP contribution in [0, 0.1) is 12.8 Å². The third-order valence-electron chi connectivity index (χ3n) is 5.19. The molecule has 0 amide bonds. The Balaban J connectivity index is 1.67. The number of aryl methyl sites for hydroxylation is 1. The van der Waals surface area contributed by atoms with E-state index in [1.807, 2.05) is 37.3 Å². The Morgan fingerprint density at radius 3 is 2.61 bits per heavy atom. The van der Waals surface area contributed by atoms with E-state index < -0.39 is 10.0 Å². The van der Waals surface area contributed by atoms with Crippen molar-refractivity contribution in [3.05, 3.63) is 77.9 Å². The molecule has 1 fully saturated rings. The highest BCUT2D eigenvalue weighted by atomic mass is 32.2. The monoisotopic (exact) mass is 412 g/mol. The van der Waals surface area contributed by atoms with Gasteiger partial charge in [0.05, 0.1) is 4.90 Å². The molecule has 1 aliphatic heterocycles. The summed E-state index contributed by atoms with van der Waals surface area (Å²) in [6.07, 6.45) is 6.65. The van der Waals surface area contributed by atoms with Gasteiger partial charge in [0.2, 0.25) is 0 Å².